The van der Waals surface area contributed by atoms with Crippen LogP contribution in [0.5, 0.6) is 0 Å². The molecule has 0 unspecified atom stereocenters. The summed E-state index contributed by atoms with van der Waals surface area (Å²) >= 11 is 0. The normalized spacial score (nSPS) is 13.6. The third-order valence-corrected chi connectivity index (χ3v) is 4.47. The zero-order valence-corrected chi connectivity index (χ0v) is 11.1. The van der Waals surface area contributed by atoms with Gasteiger partial charge in [0.15, 0.2) is 0 Å². The lowest BCUT2D eigenvalue weighted by Gasteiger charge is -2.08. The number of pyridine rings is 1. The van der Waals surface area contributed by atoms with E-state index in [0.29, 0.717) is 0 Å². The van der Waals surface area contributed by atoms with Crippen LogP contribution < -0.4 is 0 Å². The Kier molecular flexibility index (Phi) is 1.86. The fourth-order valence-electron chi connectivity index (χ4n) is 3.57. The van der Waals surface area contributed by atoms with Crippen molar-refractivity contribution in [2.75, 3.05) is 0 Å². The second kappa shape index (κ2) is 3.57. The van der Waals surface area contributed by atoms with E-state index in [1.165, 1.54) is 45.5 Å². The van der Waals surface area contributed by atoms with Gasteiger partial charge >= 0.3 is 0 Å². The van der Waals surface area contributed by atoms with E-state index in [-0.39, 0.29) is 0 Å². The van der Waals surface area contributed by atoms with Crippen LogP contribution in [0.1, 0.15) is 11.1 Å². The number of nitrogens with zero attached hydrogens (tertiary/aromatic N) is 1. The Morgan fingerprint density at radius 2 is 1.65 bits per heavy atom. The fourth-order valence-corrected chi connectivity index (χ4v) is 3.57. The van der Waals surface area contributed by atoms with E-state index < -0.39 is 0 Å². The van der Waals surface area contributed by atoms with Crippen molar-refractivity contribution < 1.29 is 0 Å². The zero-order valence-electron chi connectivity index (χ0n) is 11.1. The topological polar surface area (TPSA) is 12.9 Å². The lowest BCUT2D eigenvalue weighted by Crippen LogP contribution is -1.87. The Labute approximate surface area is 116 Å². The number of aromatic nitrogens is 1. The van der Waals surface area contributed by atoms with Gasteiger partial charge in [-0.25, -0.2) is 4.98 Å². The highest BCUT2D eigenvalue weighted by Crippen LogP contribution is 2.36. The molecule has 0 amide bonds. The molecule has 20 heavy (non-hydrogen) atoms. The van der Waals surface area contributed by atoms with Crippen LogP contribution in [0.25, 0.3) is 32.6 Å². The second-order valence-electron chi connectivity index (χ2n) is 5.63. The summed E-state index contributed by atoms with van der Waals surface area (Å²) in [5, 5.41) is 5.26. The minimum atomic E-state index is 1.08. The van der Waals surface area contributed by atoms with Gasteiger partial charge in [0.05, 0.1) is 11.0 Å². The number of rotatable bonds is 0. The van der Waals surface area contributed by atoms with Gasteiger partial charge in [-0.1, -0.05) is 36.4 Å². The molecule has 1 aliphatic rings. The molecule has 1 heteroatoms. The molecule has 0 saturated heterocycles. The average molecular weight is 255 g/mol. The van der Waals surface area contributed by atoms with Crippen LogP contribution in [0.15, 0.2) is 54.6 Å². The van der Waals surface area contributed by atoms with Crippen LogP contribution in [0.4, 0.5) is 0 Å². The molecule has 1 aliphatic carbocycles. The molecular weight excluding hydrogens is 242 g/mol. The molecule has 4 aromatic rings. The first-order chi connectivity index (χ1) is 9.90. The second-order valence-corrected chi connectivity index (χ2v) is 5.63. The minimum absolute atomic E-state index is 1.08. The van der Waals surface area contributed by atoms with Crippen LogP contribution in [-0.2, 0) is 12.8 Å². The van der Waals surface area contributed by atoms with E-state index in [1.807, 2.05) is 0 Å². The Morgan fingerprint density at radius 3 is 2.65 bits per heavy atom. The third kappa shape index (κ3) is 1.25. The van der Waals surface area contributed by atoms with E-state index in [2.05, 4.69) is 54.6 Å². The Morgan fingerprint density at radius 1 is 0.750 bits per heavy atom. The van der Waals surface area contributed by atoms with E-state index in [9.17, 15) is 0 Å². The molecule has 0 bridgehead atoms. The molecule has 94 valence electrons. The molecule has 0 aliphatic heterocycles. The summed E-state index contributed by atoms with van der Waals surface area (Å²) in [4.78, 5) is 4.92. The zero-order chi connectivity index (χ0) is 13.1. The highest BCUT2D eigenvalue weighted by molar-refractivity contribution is 6.11. The lowest BCUT2D eigenvalue weighted by molar-refractivity contribution is 1.03. The van der Waals surface area contributed by atoms with Crippen LogP contribution in [0.2, 0.25) is 0 Å². The number of hydrogen-bond donors (Lipinski definition) is 0. The standard InChI is InChI=1S/C19H13N/c1-2-7-17-13(4-1)10-15-11-14-9-8-12-5-3-6-16(18(12)14)19(15)20-17/h1-7,10-11H,8-9H2. The molecule has 0 radical (unpaired) electrons. The maximum absolute atomic E-state index is 4.92. The van der Waals surface area contributed by atoms with Crippen molar-refractivity contribution in [1.82, 2.24) is 4.98 Å². The molecule has 0 saturated carbocycles. The van der Waals surface area contributed by atoms with Crippen molar-refractivity contribution in [2.45, 2.75) is 12.8 Å². The van der Waals surface area contributed by atoms with Gasteiger partial charge in [0, 0.05) is 16.2 Å². The first-order valence-corrected chi connectivity index (χ1v) is 7.13. The minimum Gasteiger partial charge on any atom is -0.247 e. The van der Waals surface area contributed by atoms with E-state index in [0.717, 1.165) is 11.0 Å². The smallest absolute Gasteiger partial charge is 0.0788 e. The highest BCUT2D eigenvalue weighted by atomic mass is 14.7. The number of benzene rings is 3. The highest BCUT2D eigenvalue weighted by Gasteiger charge is 2.16. The summed E-state index contributed by atoms with van der Waals surface area (Å²) < 4.78 is 0. The summed E-state index contributed by atoms with van der Waals surface area (Å²) in [6.07, 6.45) is 2.33. The molecule has 1 aromatic heterocycles. The number of fused-ring (bicyclic) bond motifs is 3. The lowest BCUT2D eigenvalue weighted by atomic mass is 10.00. The predicted octanol–water partition coefficient (Wildman–Crippen LogP) is 4.64. The summed E-state index contributed by atoms with van der Waals surface area (Å²) in [7, 11) is 0. The number of hydrogen-bond acceptors (Lipinski definition) is 1. The number of aryl methyl sites for hydroxylation is 2. The van der Waals surface area contributed by atoms with Gasteiger partial charge in [-0.2, -0.15) is 0 Å². The molecule has 0 spiro atoms. The van der Waals surface area contributed by atoms with Crippen molar-refractivity contribution in [3.63, 3.8) is 0 Å². The summed E-state index contributed by atoms with van der Waals surface area (Å²) in [5.74, 6) is 0. The van der Waals surface area contributed by atoms with Crippen molar-refractivity contribution in [2.24, 2.45) is 0 Å². The molecular formula is C19H13N. The SMILES string of the molecule is c1ccc2nc3c(cc4c5c(cccc53)CC4)cc2c1. The van der Waals surface area contributed by atoms with Gasteiger partial charge < -0.3 is 0 Å². The Hall–Kier alpha value is -2.41. The van der Waals surface area contributed by atoms with Gasteiger partial charge in [-0.05, 0) is 47.6 Å². The number of para-hydroxylation sites is 1. The predicted molar refractivity (Wildman–Crippen MR) is 84.2 cm³/mol. The first-order valence-electron chi connectivity index (χ1n) is 7.13. The molecule has 0 atom stereocenters. The third-order valence-electron chi connectivity index (χ3n) is 4.47. The van der Waals surface area contributed by atoms with Crippen molar-refractivity contribution >= 4 is 32.6 Å². The van der Waals surface area contributed by atoms with Crippen molar-refractivity contribution in [1.29, 1.82) is 0 Å². The first kappa shape index (κ1) is 10.4. The summed E-state index contributed by atoms with van der Waals surface area (Å²) in [6.45, 7) is 0. The molecule has 0 N–H and O–H groups in total. The fraction of sp³-hybridized carbons (Fsp3) is 0.105. The molecule has 0 fully saturated rings. The van der Waals surface area contributed by atoms with Crippen LogP contribution in [0, 0.1) is 0 Å². The quantitative estimate of drug-likeness (QED) is 0.329. The van der Waals surface area contributed by atoms with Crippen LogP contribution in [-0.4, -0.2) is 4.98 Å². The van der Waals surface area contributed by atoms with Gasteiger partial charge in [-0.15, -0.1) is 0 Å². The van der Waals surface area contributed by atoms with Gasteiger partial charge in [-0.3, -0.25) is 0 Å². The average Bonchev–Trinajstić information content (AvgIpc) is 2.90. The molecule has 1 nitrogen and oxygen atoms in total. The van der Waals surface area contributed by atoms with Crippen LogP contribution in [0.3, 0.4) is 0 Å². The Balaban J connectivity index is 2.07. The van der Waals surface area contributed by atoms with E-state index in [4.69, 9.17) is 4.98 Å². The maximum Gasteiger partial charge on any atom is 0.0788 e. The molecule has 3 aromatic carbocycles. The molecule has 1 heterocycles. The van der Waals surface area contributed by atoms with Gasteiger partial charge in [0.1, 0.15) is 0 Å². The maximum atomic E-state index is 4.92. The van der Waals surface area contributed by atoms with E-state index in [1.54, 1.807) is 0 Å². The summed E-state index contributed by atoms with van der Waals surface area (Å²) in [6, 6.07) is 19.6. The largest absolute Gasteiger partial charge is 0.247 e. The van der Waals surface area contributed by atoms with Gasteiger partial charge in [0.2, 0.25) is 0 Å². The monoisotopic (exact) mass is 255 g/mol. The van der Waals surface area contributed by atoms with Crippen molar-refractivity contribution in [3.05, 3.63) is 65.7 Å². The molecule has 5 rings (SSSR count). The van der Waals surface area contributed by atoms with Crippen molar-refractivity contribution in [3.8, 4) is 0 Å². The van der Waals surface area contributed by atoms with Gasteiger partial charge in [0.25, 0.3) is 0 Å². The van der Waals surface area contributed by atoms with Crippen LogP contribution >= 0.6 is 0 Å². The summed E-state index contributed by atoms with van der Waals surface area (Å²) in [5.41, 5.74) is 5.19. The Bertz CT molecular complexity index is 999. The van der Waals surface area contributed by atoms with E-state index >= 15 is 0 Å².